The van der Waals surface area contributed by atoms with E-state index in [-0.39, 0.29) is 30.9 Å². The predicted octanol–water partition coefficient (Wildman–Crippen LogP) is 4.75. The van der Waals surface area contributed by atoms with Crippen molar-refractivity contribution in [1.29, 1.82) is 0 Å². The first-order valence-corrected chi connectivity index (χ1v) is 11.4. The summed E-state index contributed by atoms with van der Waals surface area (Å²) in [4.78, 5) is 26.4. The molecule has 5 nitrogen and oxygen atoms in total. The zero-order valence-electron chi connectivity index (χ0n) is 18.2. The number of esters is 2. The molecular formula is C25H30FNO4. The molecule has 2 saturated carbocycles. The topological polar surface area (TPSA) is 64.6 Å². The lowest BCUT2D eigenvalue weighted by molar-refractivity contribution is -0.139. The van der Waals surface area contributed by atoms with E-state index >= 15 is 0 Å². The van der Waals surface area contributed by atoms with Gasteiger partial charge in [0.2, 0.25) is 0 Å². The van der Waals surface area contributed by atoms with Gasteiger partial charge in [0, 0.05) is 11.4 Å². The molecule has 0 aromatic heterocycles. The van der Waals surface area contributed by atoms with E-state index < -0.39 is 17.9 Å². The van der Waals surface area contributed by atoms with Gasteiger partial charge in [-0.25, -0.2) is 14.0 Å². The van der Waals surface area contributed by atoms with Crippen molar-refractivity contribution in [3.05, 3.63) is 58.2 Å². The molecule has 166 valence electrons. The summed E-state index contributed by atoms with van der Waals surface area (Å²) in [6, 6.07) is 6.05. The van der Waals surface area contributed by atoms with E-state index in [0.717, 1.165) is 49.9 Å². The number of dihydropyridines is 1. The fraction of sp³-hybridized carbons (Fsp3) is 0.520. The van der Waals surface area contributed by atoms with Gasteiger partial charge in [0.1, 0.15) is 5.82 Å². The molecule has 0 saturated heterocycles. The summed E-state index contributed by atoms with van der Waals surface area (Å²) in [7, 11) is 0. The van der Waals surface area contributed by atoms with E-state index in [1.807, 2.05) is 0 Å². The first kappa shape index (κ1) is 21.6. The minimum absolute atomic E-state index is 0.237. The Bertz CT molecular complexity index is 858. The van der Waals surface area contributed by atoms with Gasteiger partial charge in [-0.15, -0.1) is 0 Å². The zero-order chi connectivity index (χ0) is 22.0. The fourth-order valence-corrected chi connectivity index (χ4v) is 4.63. The number of carbonyl (C=O) groups excluding carboxylic acids is 2. The molecule has 0 unspecified atom stereocenters. The predicted molar refractivity (Wildman–Crippen MR) is 114 cm³/mol. The number of nitrogens with one attached hydrogen (secondary N) is 1. The van der Waals surface area contributed by atoms with Gasteiger partial charge < -0.3 is 14.8 Å². The maximum atomic E-state index is 13.7. The average molecular weight is 428 g/mol. The number of hydrogen-bond donors (Lipinski definition) is 1. The van der Waals surface area contributed by atoms with E-state index in [9.17, 15) is 14.0 Å². The Morgan fingerprint density at radius 1 is 0.871 bits per heavy atom. The van der Waals surface area contributed by atoms with Crippen LogP contribution in [0, 0.1) is 17.7 Å². The standard InChI is InChI=1S/C25H30FNO4/c1-3-30-24(28)20-19(15-11-13-18(26)14-12-15)21(25(29)31-4-2)23(17-9-6-10-17)27-22(20)16-7-5-8-16/h11-14,16-17,19,27H,3-10H2,1-2H3. The average Bonchev–Trinajstić information content (AvgIpc) is 2.66. The van der Waals surface area contributed by atoms with Crippen LogP contribution < -0.4 is 5.32 Å². The van der Waals surface area contributed by atoms with Crippen LogP contribution in [-0.4, -0.2) is 25.2 Å². The third-order valence-electron chi connectivity index (χ3n) is 6.65. The van der Waals surface area contributed by atoms with Crippen LogP contribution in [0.15, 0.2) is 46.8 Å². The van der Waals surface area contributed by atoms with Crippen LogP contribution in [0.5, 0.6) is 0 Å². The summed E-state index contributed by atoms with van der Waals surface area (Å²) in [5.74, 6) is -1.38. The van der Waals surface area contributed by atoms with Crippen LogP contribution in [0.1, 0.15) is 63.9 Å². The monoisotopic (exact) mass is 427 g/mol. The highest BCUT2D eigenvalue weighted by Crippen LogP contribution is 2.48. The largest absolute Gasteiger partial charge is 0.463 e. The number of hydrogen-bond acceptors (Lipinski definition) is 5. The third-order valence-corrected chi connectivity index (χ3v) is 6.65. The molecule has 1 aliphatic heterocycles. The molecule has 1 aromatic rings. The Balaban J connectivity index is 1.91. The highest BCUT2D eigenvalue weighted by molar-refractivity contribution is 6.00. The number of halogens is 1. The van der Waals surface area contributed by atoms with Gasteiger partial charge in [0.05, 0.1) is 30.3 Å². The fourth-order valence-electron chi connectivity index (χ4n) is 4.63. The highest BCUT2D eigenvalue weighted by Gasteiger charge is 2.44. The first-order valence-electron chi connectivity index (χ1n) is 11.4. The number of rotatable bonds is 7. The van der Waals surface area contributed by atoms with E-state index in [0.29, 0.717) is 16.7 Å². The Morgan fingerprint density at radius 2 is 1.32 bits per heavy atom. The molecule has 0 amide bonds. The third kappa shape index (κ3) is 4.12. The normalized spacial score (nSPS) is 20.1. The second kappa shape index (κ2) is 9.25. The molecule has 0 spiro atoms. The van der Waals surface area contributed by atoms with Gasteiger partial charge in [-0.3, -0.25) is 0 Å². The SMILES string of the molecule is CCOC(=O)C1=C(C2CCC2)NC(C2CCC2)=C(C(=O)OCC)C1c1ccc(F)cc1. The van der Waals surface area contributed by atoms with E-state index in [4.69, 9.17) is 9.47 Å². The van der Waals surface area contributed by atoms with Crippen LogP contribution in [-0.2, 0) is 19.1 Å². The smallest absolute Gasteiger partial charge is 0.336 e. The molecule has 0 bridgehead atoms. The summed E-state index contributed by atoms with van der Waals surface area (Å²) >= 11 is 0. The maximum absolute atomic E-state index is 13.7. The van der Waals surface area contributed by atoms with Crippen LogP contribution >= 0.6 is 0 Å². The Hall–Kier alpha value is -2.63. The second-order valence-corrected chi connectivity index (χ2v) is 8.46. The van der Waals surface area contributed by atoms with Crippen molar-refractivity contribution in [2.45, 2.75) is 58.3 Å². The van der Waals surface area contributed by atoms with E-state index in [1.54, 1.807) is 26.0 Å². The molecule has 3 aliphatic rings. The van der Waals surface area contributed by atoms with Gasteiger partial charge in [0.25, 0.3) is 0 Å². The second-order valence-electron chi connectivity index (χ2n) is 8.46. The molecule has 31 heavy (non-hydrogen) atoms. The van der Waals surface area contributed by atoms with E-state index in [1.165, 1.54) is 12.1 Å². The number of benzene rings is 1. The van der Waals surface area contributed by atoms with Gasteiger partial charge >= 0.3 is 11.9 Å². The molecule has 0 atom stereocenters. The van der Waals surface area contributed by atoms with Gasteiger partial charge in [0.15, 0.2) is 0 Å². The van der Waals surface area contributed by atoms with Crippen molar-refractivity contribution < 1.29 is 23.5 Å². The van der Waals surface area contributed by atoms with Crippen LogP contribution in [0.25, 0.3) is 0 Å². The highest BCUT2D eigenvalue weighted by atomic mass is 19.1. The minimum atomic E-state index is -0.633. The molecule has 6 heteroatoms. The molecule has 0 radical (unpaired) electrons. The maximum Gasteiger partial charge on any atom is 0.336 e. The minimum Gasteiger partial charge on any atom is -0.463 e. The first-order chi connectivity index (χ1) is 15.0. The summed E-state index contributed by atoms with van der Waals surface area (Å²) in [6.07, 6.45) is 6.20. The van der Waals surface area contributed by atoms with Crippen LogP contribution in [0.4, 0.5) is 4.39 Å². The van der Waals surface area contributed by atoms with Crippen molar-refractivity contribution >= 4 is 11.9 Å². The van der Waals surface area contributed by atoms with Crippen LogP contribution in [0.3, 0.4) is 0 Å². The van der Waals surface area contributed by atoms with Gasteiger partial charge in [-0.2, -0.15) is 0 Å². The lowest BCUT2D eigenvalue weighted by Gasteiger charge is -2.41. The molecule has 2 fully saturated rings. The molecule has 4 rings (SSSR count). The lowest BCUT2D eigenvalue weighted by Crippen LogP contribution is -2.41. The van der Waals surface area contributed by atoms with Crippen molar-refractivity contribution in [2.75, 3.05) is 13.2 Å². The molecule has 1 N–H and O–H groups in total. The summed E-state index contributed by atoms with van der Waals surface area (Å²) in [6.45, 7) is 4.02. The quantitative estimate of drug-likeness (QED) is 0.637. The summed E-state index contributed by atoms with van der Waals surface area (Å²) in [5, 5.41) is 3.53. The van der Waals surface area contributed by atoms with Crippen molar-refractivity contribution in [3.8, 4) is 0 Å². The Morgan fingerprint density at radius 3 is 1.68 bits per heavy atom. The molecule has 2 aliphatic carbocycles. The summed E-state index contributed by atoms with van der Waals surface area (Å²) < 4.78 is 24.6. The van der Waals surface area contributed by atoms with Crippen molar-refractivity contribution in [1.82, 2.24) is 5.32 Å². The van der Waals surface area contributed by atoms with E-state index in [2.05, 4.69) is 5.32 Å². The van der Waals surface area contributed by atoms with Gasteiger partial charge in [-0.05, 0) is 69.1 Å². The van der Waals surface area contributed by atoms with Crippen molar-refractivity contribution in [3.63, 3.8) is 0 Å². The number of allylic oxidation sites excluding steroid dienone is 2. The van der Waals surface area contributed by atoms with Gasteiger partial charge in [-0.1, -0.05) is 25.0 Å². The van der Waals surface area contributed by atoms with Crippen LogP contribution in [0.2, 0.25) is 0 Å². The number of ether oxygens (including phenoxy) is 2. The molecule has 1 aromatic carbocycles. The molecule has 1 heterocycles. The molecular weight excluding hydrogens is 397 g/mol. The summed E-state index contributed by atoms with van der Waals surface area (Å²) in [5.41, 5.74) is 3.36. The number of carbonyl (C=O) groups is 2. The Labute approximate surface area is 182 Å². The lowest BCUT2D eigenvalue weighted by atomic mass is 9.70. The zero-order valence-corrected chi connectivity index (χ0v) is 18.2. The Kier molecular flexibility index (Phi) is 6.44. The van der Waals surface area contributed by atoms with Crippen molar-refractivity contribution in [2.24, 2.45) is 11.8 Å².